The first-order chi connectivity index (χ1) is 10.1. The number of halogens is 1. The highest BCUT2D eigenvalue weighted by Crippen LogP contribution is 2.22. The van der Waals surface area contributed by atoms with Gasteiger partial charge in [-0.25, -0.2) is 0 Å². The van der Waals surface area contributed by atoms with Crippen LogP contribution in [0.1, 0.15) is 11.1 Å². The van der Waals surface area contributed by atoms with Crippen molar-refractivity contribution in [3.8, 4) is 5.75 Å². The molecule has 0 unspecified atom stereocenters. The van der Waals surface area contributed by atoms with Gasteiger partial charge in [-0.2, -0.15) is 0 Å². The van der Waals surface area contributed by atoms with Crippen molar-refractivity contribution in [1.82, 2.24) is 0 Å². The molecule has 0 aliphatic carbocycles. The normalized spacial score (nSPS) is 10.2. The van der Waals surface area contributed by atoms with Gasteiger partial charge in [0.25, 0.3) is 5.91 Å². The summed E-state index contributed by atoms with van der Waals surface area (Å²) in [5.74, 6) is 0.320. The standard InChI is InChI=1S/C16H17ClN2O2/c1-11-4-2-3-5-15(11)19-16(20)10-21-13-7-6-12(9-18)14(17)8-13/h2-8H,9-10,18H2,1H3,(H,19,20). The minimum atomic E-state index is -0.219. The van der Waals surface area contributed by atoms with Crippen LogP contribution in [-0.4, -0.2) is 12.5 Å². The smallest absolute Gasteiger partial charge is 0.262 e. The van der Waals surface area contributed by atoms with Gasteiger partial charge in [0.1, 0.15) is 5.75 Å². The molecule has 0 fully saturated rings. The van der Waals surface area contributed by atoms with Crippen molar-refractivity contribution in [2.24, 2.45) is 5.73 Å². The second-order valence-electron chi connectivity index (χ2n) is 4.61. The van der Waals surface area contributed by atoms with Gasteiger partial charge in [-0.05, 0) is 36.2 Å². The van der Waals surface area contributed by atoms with Crippen molar-refractivity contribution in [2.75, 3.05) is 11.9 Å². The number of rotatable bonds is 5. The number of carbonyl (C=O) groups excluding carboxylic acids is 1. The largest absolute Gasteiger partial charge is 0.484 e. The summed E-state index contributed by atoms with van der Waals surface area (Å²) < 4.78 is 5.42. The lowest BCUT2D eigenvalue weighted by Crippen LogP contribution is -2.20. The summed E-state index contributed by atoms with van der Waals surface area (Å²) in [4.78, 5) is 11.9. The summed E-state index contributed by atoms with van der Waals surface area (Å²) in [5, 5.41) is 3.34. The van der Waals surface area contributed by atoms with Crippen molar-refractivity contribution >= 4 is 23.2 Å². The predicted molar refractivity (Wildman–Crippen MR) is 84.6 cm³/mol. The van der Waals surface area contributed by atoms with Crippen molar-refractivity contribution in [2.45, 2.75) is 13.5 Å². The molecule has 4 nitrogen and oxygen atoms in total. The minimum absolute atomic E-state index is 0.0768. The number of hydrogen-bond donors (Lipinski definition) is 2. The number of benzene rings is 2. The summed E-state index contributed by atoms with van der Waals surface area (Å²) in [6.07, 6.45) is 0. The van der Waals surface area contributed by atoms with Crippen LogP contribution in [0, 0.1) is 6.92 Å². The third-order valence-corrected chi connectivity index (χ3v) is 3.39. The van der Waals surface area contributed by atoms with Crippen molar-refractivity contribution in [3.05, 3.63) is 58.6 Å². The molecule has 0 aliphatic heterocycles. The molecule has 2 rings (SSSR count). The molecule has 0 atom stereocenters. The topological polar surface area (TPSA) is 64.3 Å². The number of nitrogens with two attached hydrogens (primary N) is 1. The molecule has 0 saturated heterocycles. The van der Waals surface area contributed by atoms with E-state index in [0.717, 1.165) is 16.8 Å². The molecule has 0 radical (unpaired) electrons. The first-order valence-electron chi connectivity index (χ1n) is 6.57. The third-order valence-electron chi connectivity index (χ3n) is 3.03. The molecule has 0 spiro atoms. The highest BCUT2D eigenvalue weighted by Gasteiger charge is 2.06. The van der Waals surface area contributed by atoms with E-state index in [1.807, 2.05) is 31.2 Å². The van der Waals surface area contributed by atoms with Gasteiger partial charge in [0.05, 0.1) is 0 Å². The quantitative estimate of drug-likeness (QED) is 0.892. The van der Waals surface area contributed by atoms with E-state index in [4.69, 9.17) is 22.1 Å². The monoisotopic (exact) mass is 304 g/mol. The molecule has 2 aromatic carbocycles. The highest BCUT2D eigenvalue weighted by atomic mass is 35.5. The van der Waals surface area contributed by atoms with Gasteiger partial charge in [0.15, 0.2) is 6.61 Å². The van der Waals surface area contributed by atoms with Gasteiger partial charge >= 0.3 is 0 Å². The Bertz CT molecular complexity index is 644. The number of nitrogens with one attached hydrogen (secondary N) is 1. The minimum Gasteiger partial charge on any atom is -0.484 e. The van der Waals surface area contributed by atoms with Crippen LogP contribution in [0.2, 0.25) is 5.02 Å². The maximum atomic E-state index is 11.9. The first-order valence-corrected chi connectivity index (χ1v) is 6.94. The molecule has 0 saturated carbocycles. The SMILES string of the molecule is Cc1ccccc1NC(=O)COc1ccc(CN)c(Cl)c1. The summed E-state index contributed by atoms with van der Waals surface area (Å²) in [6, 6.07) is 12.8. The van der Waals surface area contributed by atoms with Gasteiger partial charge in [0, 0.05) is 17.3 Å². The lowest BCUT2D eigenvalue weighted by atomic mass is 10.2. The van der Waals surface area contributed by atoms with E-state index in [1.54, 1.807) is 18.2 Å². The summed E-state index contributed by atoms with van der Waals surface area (Å²) in [5.41, 5.74) is 8.16. The lowest BCUT2D eigenvalue weighted by molar-refractivity contribution is -0.118. The van der Waals surface area contributed by atoms with Crippen LogP contribution in [0.5, 0.6) is 5.75 Å². The number of amides is 1. The Hall–Kier alpha value is -2.04. The van der Waals surface area contributed by atoms with Gasteiger partial charge in [-0.15, -0.1) is 0 Å². The molecular weight excluding hydrogens is 288 g/mol. The average molecular weight is 305 g/mol. The summed E-state index contributed by atoms with van der Waals surface area (Å²) in [7, 11) is 0. The summed E-state index contributed by atoms with van der Waals surface area (Å²) in [6.45, 7) is 2.22. The van der Waals surface area contributed by atoms with E-state index in [9.17, 15) is 4.79 Å². The maximum absolute atomic E-state index is 11.9. The fraction of sp³-hybridized carbons (Fsp3) is 0.188. The zero-order valence-corrected chi connectivity index (χ0v) is 12.5. The van der Waals surface area contributed by atoms with Crippen molar-refractivity contribution in [1.29, 1.82) is 0 Å². The number of para-hydroxylation sites is 1. The van der Waals surface area contributed by atoms with Crippen LogP contribution in [0.25, 0.3) is 0 Å². The molecule has 21 heavy (non-hydrogen) atoms. The van der Waals surface area contributed by atoms with Gasteiger partial charge in [0.2, 0.25) is 0 Å². The number of ether oxygens (including phenoxy) is 1. The number of carbonyl (C=O) groups is 1. The number of anilines is 1. The molecule has 0 aliphatic rings. The molecule has 0 bridgehead atoms. The molecule has 3 N–H and O–H groups in total. The van der Waals surface area contributed by atoms with Gasteiger partial charge in [-0.1, -0.05) is 35.9 Å². The van der Waals surface area contributed by atoms with Gasteiger partial charge in [-0.3, -0.25) is 4.79 Å². The zero-order valence-electron chi connectivity index (χ0n) is 11.7. The fourth-order valence-electron chi connectivity index (χ4n) is 1.83. The third kappa shape index (κ3) is 4.21. The second-order valence-corrected chi connectivity index (χ2v) is 5.02. The van der Waals surface area contributed by atoms with E-state index >= 15 is 0 Å². The average Bonchev–Trinajstić information content (AvgIpc) is 2.48. The molecule has 0 heterocycles. The van der Waals surface area contributed by atoms with Crippen LogP contribution in [-0.2, 0) is 11.3 Å². The fourth-order valence-corrected chi connectivity index (χ4v) is 2.08. The zero-order chi connectivity index (χ0) is 15.2. The van der Waals surface area contributed by atoms with Crippen LogP contribution >= 0.6 is 11.6 Å². The Labute approximate surface area is 128 Å². The first kappa shape index (κ1) is 15.4. The molecule has 1 amide bonds. The summed E-state index contributed by atoms with van der Waals surface area (Å²) >= 11 is 6.03. The van der Waals surface area contributed by atoms with E-state index in [0.29, 0.717) is 17.3 Å². The van der Waals surface area contributed by atoms with Gasteiger partial charge < -0.3 is 15.8 Å². The molecule has 2 aromatic rings. The predicted octanol–water partition coefficient (Wildman–Crippen LogP) is 3.12. The number of aryl methyl sites for hydroxylation is 1. The van der Waals surface area contributed by atoms with Crippen LogP contribution in [0.4, 0.5) is 5.69 Å². The molecule has 110 valence electrons. The van der Waals surface area contributed by atoms with E-state index in [1.165, 1.54) is 0 Å². The number of hydrogen-bond acceptors (Lipinski definition) is 3. The highest BCUT2D eigenvalue weighted by molar-refractivity contribution is 6.31. The van der Waals surface area contributed by atoms with Crippen LogP contribution in [0.15, 0.2) is 42.5 Å². The Kier molecular flexibility index (Phi) is 5.20. The second kappa shape index (κ2) is 7.11. The van der Waals surface area contributed by atoms with E-state index in [2.05, 4.69) is 5.32 Å². The van der Waals surface area contributed by atoms with Crippen molar-refractivity contribution < 1.29 is 9.53 Å². The molecular formula is C16H17ClN2O2. The Morgan fingerprint density at radius 1 is 1.29 bits per heavy atom. The molecule has 0 aromatic heterocycles. The Morgan fingerprint density at radius 2 is 2.05 bits per heavy atom. The lowest BCUT2D eigenvalue weighted by Gasteiger charge is -2.10. The Morgan fingerprint density at radius 3 is 2.71 bits per heavy atom. The van der Waals surface area contributed by atoms with Crippen LogP contribution < -0.4 is 15.8 Å². The molecule has 5 heteroatoms. The Balaban J connectivity index is 1.92. The van der Waals surface area contributed by atoms with Crippen LogP contribution in [0.3, 0.4) is 0 Å². The van der Waals surface area contributed by atoms with E-state index < -0.39 is 0 Å². The van der Waals surface area contributed by atoms with E-state index in [-0.39, 0.29) is 12.5 Å². The van der Waals surface area contributed by atoms with Crippen molar-refractivity contribution in [3.63, 3.8) is 0 Å². The maximum Gasteiger partial charge on any atom is 0.262 e.